The molecule has 1 heterocycles. The minimum Gasteiger partial charge on any atom is -0.497 e. The minimum atomic E-state index is 0.319. The molecule has 3 rings (SSSR count). The van der Waals surface area contributed by atoms with E-state index in [1.165, 1.54) is 0 Å². The molecule has 23 heavy (non-hydrogen) atoms. The Labute approximate surface area is 138 Å². The fourth-order valence-corrected chi connectivity index (χ4v) is 2.45. The summed E-state index contributed by atoms with van der Waals surface area (Å²) in [4.78, 5) is 0. The fraction of sp³-hybridized carbons (Fsp3) is 0.118. The summed E-state index contributed by atoms with van der Waals surface area (Å²) < 4.78 is 5.14. The van der Waals surface area contributed by atoms with Gasteiger partial charge in [0.2, 0.25) is 0 Å². The molecule has 0 spiro atoms. The lowest BCUT2D eigenvalue weighted by Gasteiger charge is -2.09. The molecule has 0 atom stereocenters. The molecule has 3 aromatic rings. The summed E-state index contributed by atoms with van der Waals surface area (Å²) in [6.07, 6.45) is 0. The highest BCUT2D eigenvalue weighted by molar-refractivity contribution is 6.34. The van der Waals surface area contributed by atoms with Crippen LogP contribution in [0.15, 0.2) is 42.5 Å². The van der Waals surface area contributed by atoms with Gasteiger partial charge in [-0.3, -0.25) is 0 Å². The zero-order valence-corrected chi connectivity index (χ0v) is 13.1. The molecule has 6 heteroatoms. The summed E-state index contributed by atoms with van der Waals surface area (Å²) in [6, 6.07) is 15.1. The van der Waals surface area contributed by atoms with E-state index in [0.717, 1.165) is 22.1 Å². The Hall–Kier alpha value is -2.84. The van der Waals surface area contributed by atoms with E-state index in [4.69, 9.17) is 21.6 Å². The van der Waals surface area contributed by atoms with Gasteiger partial charge in [0.25, 0.3) is 0 Å². The van der Waals surface area contributed by atoms with Crippen LogP contribution in [0.25, 0.3) is 10.8 Å². The van der Waals surface area contributed by atoms with Crippen molar-refractivity contribution < 1.29 is 4.74 Å². The van der Waals surface area contributed by atoms with Crippen LogP contribution in [0.2, 0.25) is 5.15 Å². The van der Waals surface area contributed by atoms with Crippen molar-refractivity contribution in [3.05, 3.63) is 58.7 Å². The van der Waals surface area contributed by atoms with E-state index in [1.807, 2.05) is 24.3 Å². The second-order valence-electron chi connectivity index (χ2n) is 4.91. The number of hydrogen-bond donors (Lipinski definition) is 1. The molecule has 0 bridgehead atoms. The monoisotopic (exact) mass is 324 g/mol. The predicted molar refractivity (Wildman–Crippen MR) is 89.6 cm³/mol. The van der Waals surface area contributed by atoms with E-state index >= 15 is 0 Å². The highest BCUT2D eigenvalue weighted by atomic mass is 35.5. The molecular formula is C17H13ClN4O. The summed E-state index contributed by atoms with van der Waals surface area (Å²) in [5, 5.41) is 22.2. The van der Waals surface area contributed by atoms with Crippen LogP contribution in [0.4, 0.5) is 5.82 Å². The molecule has 0 saturated heterocycles. The number of fused-ring (bicyclic) bond motifs is 1. The quantitative estimate of drug-likeness (QED) is 0.791. The first kappa shape index (κ1) is 15.1. The molecule has 0 fully saturated rings. The number of nitrogens with zero attached hydrogens (tertiary/aromatic N) is 3. The van der Waals surface area contributed by atoms with Crippen molar-refractivity contribution >= 4 is 28.2 Å². The average molecular weight is 325 g/mol. The smallest absolute Gasteiger partial charge is 0.159 e. The SMILES string of the molecule is COc1ccc(CNc2nnc(Cl)c3ccc(C#N)cc23)cc1. The number of nitriles is 1. The van der Waals surface area contributed by atoms with Crippen molar-refractivity contribution in [2.24, 2.45) is 0 Å². The van der Waals surface area contributed by atoms with Crippen LogP contribution >= 0.6 is 11.6 Å². The van der Waals surface area contributed by atoms with Crippen LogP contribution in [0.1, 0.15) is 11.1 Å². The lowest BCUT2D eigenvalue weighted by molar-refractivity contribution is 0.414. The average Bonchev–Trinajstić information content (AvgIpc) is 2.61. The zero-order chi connectivity index (χ0) is 16.2. The molecule has 0 saturated carbocycles. The third-order valence-corrected chi connectivity index (χ3v) is 3.76. The molecule has 1 aromatic heterocycles. The zero-order valence-electron chi connectivity index (χ0n) is 12.4. The Morgan fingerprint density at radius 3 is 2.61 bits per heavy atom. The van der Waals surface area contributed by atoms with E-state index in [9.17, 15) is 0 Å². The van der Waals surface area contributed by atoms with Crippen LogP contribution in [0.3, 0.4) is 0 Å². The lowest BCUT2D eigenvalue weighted by atomic mass is 10.1. The van der Waals surface area contributed by atoms with E-state index < -0.39 is 0 Å². The van der Waals surface area contributed by atoms with Gasteiger partial charge < -0.3 is 10.1 Å². The van der Waals surface area contributed by atoms with E-state index in [1.54, 1.807) is 25.3 Å². The number of benzene rings is 2. The molecule has 2 aromatic carbocycles. The number of methoxy groups -OCH3 is 1. The fourth-order valence-electron chi connectivity index (χ4n) is 2.25. The first-order valence-electron chi connectivity index (χ1n) is 6.94. The standard InChI is InChI=1S/C17H13ClN4O/c1-23-13-5-2-11(3-6-13)10-20-17-15-8-12(9-19)4-7-14(15)16(18)21-22-17/h2-8H,10H2,1H3,(H,20,22). The molecule has 0 aliphatic carbocycles. The van der Waals surface area contributed by atoms with E-state index in [0.29, 0.717) is 23.1 Å². The number of aromatic nitrogens is 2. The van der Waals surface area contributed by atoms with Crippen LogP contribution in [0, 0.1) is 11.3 Å². The van der Waals surface area contributed by atoms with Gasteiger partial charge >= 0.3 is 0 Å². The topological polar surface area (TPSA) is 70.8 Å². The largest absolute Gasteiger partial charge is 0.497 e. The third kappa shape index (κ3) is 3.17. The summed E-state index contributed by atoms with van der Waals surface area (Å²) in [5.41, 5.74) is 1.63. The highest BCUT2D eigenvalue weighted by Gasteiger charge is 2.09. The second kappa shape index (κ2) is 6.51. The van der Waals surface area contributed by atoms with Gasteiger partial charge in [0.15, 0.2) is 11.0 Å². The van der Waals surface area contributed by atoms with Crippen molar-refractivity contribution in [2.45, 2.75) is 6.54 Å². The number of ether oxygens (including phenoxy) is 1. The van der Waals surface area contributed by atoms with Gasteiger partial charge in [-0.25, -0.2) is 0 Å². The van der Waals surface area contributed by atoms with Crippen LogP contribution in [-0.2, 0) is 6.54 Å². The lowest BCUT2D eigenvalue weighted by Crippen LogP contribution is -2.03. The van der Waals surface area contributed by atoms with Crippen molar-refractivity contribution in [3.8, 4) is 11.8 Å². The molecule has 0 amide bonds. The van der Waals surface area contributed by atoms with Crippen LogP contribution < -0.4 is 10.1 Å². The van der Waals surface area contributed by atoms with Gasteiger partial charge in [0, 0.05) is 17.3 Å². The molecule has 0 radical (unpaired) electrons. The first-order valence-corrected chi connectivity index (χ1v) is 7.32. The Balaban J connectivity index is 1.90. The van der Waals surface area contributed by atoms with Crippen LogP contribution in [-0.4, -0.2) is 17.3 Å². The van der Waals surface area contributed by atoms with Crippen LogP contribution in [0.5, 0.6) is 5.75 Å². The molecule has 0 aliphatic heterocycles. The maximum absolute atomic E-state index is 9.06. The van der Waals surface area contributed by atoms with Gasteiger partial charge in [0.05, 0.1) is 18.7 Å². The Morgan fingerprint density at radius 1 is 1.13 bits per heavy atom. The second-order valence-corrected chi connectivity index (χ2v) is 5.27. The highest BCUT2D eigenvalue weighted by Crippen LogP contribution is 2.27. The maximum Gasteiger partial charge on any atom is 0.159 e. The summed E-state index contributed by atoms with van der Waals surface area (Å²) in [6.45, 7) is 0.576. The van der Waals surface area contributed by atoms with Gasteiger partial charge in [-0.1, -0.05) is 23.7 Å². The Bertz CT molecular complexity index is 887. The normalized spacial score (nSPS) is 10.3. The predicted octanol–water partition coefficient (Wildman–Crippen LogP) is 3.78. The van der Waals surface area contributed by atoms with Crippen molar-refractivity contribution in [1.29, 1.82) is 5.26 Å². The number of hydrogen-bond acceptors (Lipinski definition) is 5. The summed E-state index contributed by atoms with van der Waals surface area (Å²) in [5.74, 6) is 1.40. The summed E-state index contributed by atoms with van der Waals surface area (Å²) in [7, 11) is 1.63. The van der Waals surface area contributed by atoms with Gasteiger partial charge in [-0.2, -0.15) is 5.26 Å². The molecule has 5 nitrogen and oxygen atoms in total. The van der Waals surface area contributed by atoms with Crippen molar-refractivity contribution in [3.63, 3.8) is 0 Å². The maximum atomic E-state index is 9.06. The van der Waals surface area contributed by atoms with Gasteiger partial charge in [0.1, 0.15) is 5.75 Å². The Morgan fingerprint density at radius 2 is 1.91 bits per heavy atom. The molecular weight excluding hydrogens is 312 g/mol. The number of anilines is 1. The molecule has 1 N–H and O–H groups in total. The van der Waals surface area contributed by atoms with Gasteiger partial charge in [-0.05, 0) is 35.9 Å². The van der Waals surface area contributed by atoms with Crippen molar-refractivity contribution in [2.75, 3.05) is 12.4 Å². The minimum absolute atomic E-state index is 0.319. The van der Waals surface area contributed by atoms with E-state index in [2.05, 4.69) is 21.6 Å². The molecule has 0 aliphatic rings. The number of nitrogens with one attached hydrogen (secondary N) is 1. The molecule has 114 valence electrons. The Kier molecular flexibility index (Phi) is 4.26. The first-order chi connectivity index (χ1) is 11.2. The van der Waals surface area contributed by atoms with Crippen molar-refractivity contribution in [1.82, 2.24) is 10.2 Å². The number of halogens is 1. The summed E-state index contributed by atoms with van der Waals surface area (Å²) >= 11 is 6.08. The molecule has 0 unspecified atom stereocenters. The van der Waals surface area contributed by atoms with Gasteiger partial charge in [-0.15, -0.1) is 10.2 Å². The third-order valence-electron chi connectivity index (χ3n) is 3.48. The number of rotatable bonds is 4. The van der Waals surface area contributed by atoms with E-state index in [-0.39, 0.29) is 0 Å².